The summed E-state index contributed by atoms with van der Waals surface area (Å²) in [5.41, 5.74) is 0. The van der Waals surface area contributed by atoms with Crippen molar-refractivity contribution < 1.29 is 9.59 Å². The first kappa shape index (κ1) is 15.0. The number of hydrogen-bond donors (Lipinski definition) is 2. The summed E-state index contributed by atoms with van der Waals surface area (Å²) in [5.74, 6) is 0.947. The molecule has 0 saturated heterocycles. The average molecular weight is 254 g/mol. The van der Waals surface area contributed by atoms with Gasteiger partial charge in [0.2, 0.25) is 11.8 Å². The fourth-order valence-corrected chi connectivity index (χ4v) is 2.56. The van der Waals surface area contributed by atoms with Gasteiger partial charge in [-0.1, -0.05) is 19.8 Å². The van der Waals surface area contributed by atoms with Crippen LogP contribution in [0.3, 0.4) is 0 Å². The molecule has 1 rings (SSSR count). The molecule has 1 fully saturated rings. The van der Waals surface area contributed by atoms with Crippen molar-refractivity contribution >= 4 is 11.8 Å². The Morgan fingerprint density at radius 1 is 1.11 bits per heavy atom. The van der Waals surface area contributed by atoms with E-state index in [0.29, 0.717) is 12.5 Å². The van der Waals surface area contributed by atoms with Crippen molar-refractivity contribution in [1.29, 1.82) is 0 Å². The first-order valence-corrected chi connectivity index (χ1v) is 7.13. The van der Waals surface area contributed by atoms with Crippen molar-refractivity contribution in [3.05, 3.63) is 0 Å². The van der Waals surface area contributed by atoms with Gasteiger partial charge in [-0.3, -0.25) is 9.59 Å². The van der Waals surface area contributed by atoms with Crippen LogP contribution in [0.1, 0.15) is 52.4 Å². The van der Waals surface area contributed by atoms with E-state index < -0.39 is 0 Å². The van der Waals surface area contributed by atoms with Crippen LogP contribution in [0, 0.1) is 11.8 Å². The largest absolute Gasteiger partial charge is 0.356 e. The van der Waals surface area contributed by atoms with E-state index in [0.717, 1.165) is 19.4 Å². The lowest BCUT2D eigenvalue weighted by molar-refractivity contribution is -0.126. The Bertz CT molecular complexity index is 273. The van der Waals surface area contributed by atoms with E-state index in [9.17, 15) is 9.59 Å². The minimum atomic E-state index is 0.00823. The van der Waals surface area contributed by atoms with Gasteiger partial charge in [0.15, 0.2) is 0 Å². The van der Waals surface area contributed by atoms with E-state index in [1.165, 1.54) is 32.6 Å². The van der Waals surface area contributed by atoms with Gasteiger partial charge in [-0.05, 0) is 31.6 Å². The summed E-state index contributed by atoms with van der Waals surface area (Å²) < 4.78 is 0. The second kappa shape index (κ2) is 8.11. The highest BCUT2D eigenvalue weighted by Crippen LogP contribution is 2.31. The van der Waals surface area contributed by atoms with E-state index in [1.807, 2.05) is 6.92 Å². The summed E-state index contributed by atoms with van der Waals surface area (Å²) in [7, 11) is 0. The third-order valence-corrected chi connectivity index (χ3v) is 3.80. The zero-order chi connectivity index (χ0) is 13.4. The normalized spacial score (nSPS) is 17.4. The van der Waals surface area contributed by atoms with E-state index in [1.54, 1.807) is 0 Å². The third kappa shape index (κ3) is 5.52. The molecule has 0 aliphatic heterocycles. The molecular formula is C14H26N2O2. The maximum atomic E-state index is 11.9. The van der Waals surface area contributed by atoms with Gasteiger partial charge in [0, 0.05) is 25.9 Å². The van der Waals surface area contributed by atoms with Crippen molar-refractivity contribution in [3.8, 4) is 0 Å². The molecule has 1 saturated carbocycles. The Labute approximate surface area is 110 Å². The van der Waals surface area contributed by atoms with Gasteiger partial charge in [-0.2, -0.15) is 0 Å². The summed E-state index contributed by atoms with van der Waals surface area (Å²) in [6.07, 6.45) is 6.80. The molecular weight excluding hydrogens is 228 g/mol. The number of unbranched alkanes of at least 4 members (excludes halogenated alkanes) is 1. The molecule has 0 aromatic heterocycles. The molecule has 1 unspecified atom stereocenters. The third-order valence-electron chi connectivity index (χ3n) is 3.80. The summed E-state index contributed by atoms with van der Waals surface area (Å²) in [6, 6.07) is 0. The van der Waals surface area contributed by atoms with Crippen LogP contribution >= 0.6 is 0 Å². The second-order valence-electron chi connectivity index (χ2n) is 5.31. The van der Waals surface area contributed by atoms with E-state index in [4.69, 9.17) is 0 Å². The fraction of sp³-hybridized carbons (Fsp3) is 0.857. The smallest absolute Gasteiger partial charge is 0.223 e. The lowest BCUT2D eigenvalue weighted by atomic mass is 9.92. The maximum Gasteiger partial charge on any atom is 0.223 e. The molecule has 2 N–H and O–H groups in total. The Hall–Kier alpha value is -1.06. The zero-order valence-corrected chi connectivity index (χ0v) is 11.6. The summed E-state index contributed by atoms with van der Waals surface area (Å²) in [5, 5.41) is 5.75. The Kier molecular flexibility index (Phi) is 6.76. The van der Waals surface area contributed by atoms with E-state index in [2.05, 4.69) is 10.6 Å². The van der Waals surface area contributed by atoms with Crippen molar-refractivity contribution in [3.63, 3.8) is 0 Å². The van der Waals surface area contributed by atoms with Crippen molar-refractivity contribution in [2.75, 3.05) is 13.1 Å². The molecule has 4 heteroatoms. The van der Waals surface area contributed by atoms with Gasteiger partial charge >= 0.3 is 0 Å². The van der Waals surface area contributed by atoms with Gasteiger partial charge in [0.1, 0.15) is 0 Å². The van der Waals surface area contributed by atoms with Crippen LogP contribution in [0.15, 0.2) is 0 Å². The van der Waals surface area contributed by atoms with Gasteiger partial charge in [-0.15, -0.1) is 0 Å². The summed E-state index contributed by atoms with van der Waals surface area (Å²) >= 11 is 0. The molecule has 0 bridgehead atoms. The van der Waals surface area contributed by atoms with Crippen LogP contribution < -0.4 is 10.6 Å². The monoisotopic (exact) mass is 254 g/mol. The topological polar surface area (TPSA) is 58.2 Å². The van der Waals surface area contributed by atoms with Crippen LogP contribution in [0.2, 0.25) is 0 Å². The number of carbonyl (C=O) groups is 2. The number of nitrogens with one attached hydrogen (secondary N) is 2. The highest BCUT2D eigenvalue weighted by atomic mass is 16.2. The van der Waals surface area contributed by atoms with Gasteiger partial charge in [0.05, 0.1) is 0 Å². The minimum absolute atomic E-state index is 0.00823. The molecule has 0 spiro atoms. The molecule has 1 aliphatic carbocycles. The predicted octanol–water partition coefficient (Wildman–Crippen LogP) is 1.85. The average Bonchev–Trinajstić information content (AvgIpc) is 2.85. The first-order valence-electron chi connectivity index (χ1n) is 7.13. The van der Waals surface area contributed by atoms with Crippen molar-refractivity contribution in [2.45, 2.75) is 52.4 Å². The molecule has 1 atom stereocenters. The number of amides is 2. The van der Waals surface area contributed by atoms with Crippen LogP contribution in [0.25, 0.3) is 0 Å². The predicted molar refractivity (Wildman–Crippen MR) is 72.0 cm³/mol. The Balaban J connectivity index is 2.04. The number of hydrogen-bond acceptors (Lipinski definition) is 2. The molecule has 0 aromatic rings. The molecule has 104 valence electrons. The van der Waals surface area contributed by atoms with E-state index in [-0.39, 0.29) is 17.7 Å². The zero-order valence-electron chi connectivity index (χ0n) is 11.6. The highest BCUT2D eigenvalue weighted by molar-refractivity contribution is 5.78. The van der Waals surface area contributed by atoms with Gasteiger partial charge in [-0.25, -0.2) is 0 Å². The molecule has 0 aromatic carbocycles. The van der Waals surface area contributed by atoms with Crippen molar-refractivity contribution in [2.24, 2.45) is 11.8 Å². The lowest BCUT2D eigenvalue weighted by Gasteiger charge is -2.18. The molecule has 0 heterocycles. The van der Waals surface area contributed by atoms with Crippen LogP contribution in [-0.2, 0) is 9.59 Å². The summed E-state index contributed by atoms with van der Waals surface area (Å²) in [6.45, 7) is 4.98. The van der Waals surface area contributed by atoms with Gasteiger partial charge in [0.25, 0.3) is 0 Å². The molecule has 2 amide bonds. The lowest BCUT2D eigenvalue weighted by Crippen LogP contribution is -2.33. The number of carbonyl (C=O) groups excluding carboxylic acids is 2. The minimum Gasteiger partial charge on any atom is -0.356 e. The molecule has 18 heavy (non-hydrogen) atoms. The van der Waals surface area contributed by atoms with Crippen LogP contribution in [0.4, 0.5) is 0 Å². The Morgan fingerprint density at radius 3 is 2.22 bits per heavy atom. The number of rotatable bonds is 7. The molecule has 1 aliphatic rings. The second-order valence-corrected chi connectivity index (χ2v) is 5.31. The van der Waals surface area contributed by atoms with Crippen LogP contribution in [-0.4, -0.2) is 24.9 Å². The Morgan fingerprint density at radius 2 is 1.67 bits per heavy atom. The SMILES string of the molecule is CC(=O)NCCCCNC(=O)C(C)C1CCCC1. The quantitative estimate of drug-likeness (QED) is 0.681. The standard InChI is InChI=1S/C14H26N2O2/c1-11(13-7-3-4-8-13)14(18)16-10-6-5-9-15-12(2)17/h11,13H,3-10H2,1-2H3,(H,15,17)(H,16,18). The fourth-order valence-electron chi connectivity index (χ4n) is 2.56. The maximum absolute atomic E-state index is 11.9. The van der Waals surface area contributed by atoms with Gasteiger partial charge < -0.3 is 10.6 Å². The molecule has 4 nitrogen and oxygen atoms in total. The first-order chi connectivity index (χ1) is 8.61. The summed E-state index contributed by atoms with van der Waals surface area (Å²) in [4.78, 5) is 22.5. The van der Waals surface area contributed by atoms with Crippen LogP contribution in [0.5, 0.6) is 0 Å². The van der Waals surface area contributed by atoms with Crippen molar-refractivity contribution in [1.82, 2.24) is 10.6 Å². The van der Waals surface area contributed by atoms with E-state index >= 15 is 0 Å². The molecule has 0 radical (unpaired) electrons. The highest BCUT2D eigenvalue weighted by Gasteiger charge is 2.26.